The maximum absolute atomic E-state index is 14.8. The average Bonchev–Trinajstić information content (AvgIpc) is 3.98. The summed E-state index contributed by atoms with van der Waals surface area (Å²) in [5, 5.41) is 35.3. The molecule has 372 valence electrons. The van der Waals surface area contributed by atoms with E-state index < -0.39 is 131 Å². The standard InChI is InChI=1S/C47H72N8O12/c1-11-25(7)38-45(65)54(10)33(20-28-13-15-29(56)16-14-28)42(62)51-36(24(5)6)46(66)67-27(9)37(52-40(60)31(17-18-34(48)57)49-39(59)26(8)12-2)43(63)50-32(19-23(3)4)41(61)53-47-21-30(47)44(64)55(38)35(58)22-47/h13-16,23-27,30-33,35-38,56,58H,11-12,17-22H2,1-10H3,(H2,48,57)(H,49,59)(H,50,63)(H,51,62)(H,52,60)(H,53,61)/t25?,26?,27-,30?,31+,32+,33?,35+,36+,37+,38+,47?/m1/s1. The number of rotatable bonds is 15. The number of nitrogens with one attached hydrogen (secondary N) is 5. The van der Waals surface area contributed by atoms with Crippen molar-refractivity contribution in [3.05, 3.63) is 29.8 Å². The summed E-state index contributed by atoms with van der Waals surface area (Å²) in [6.45, 7) is 15.2. The quantitative estimate of drug-likeness (QED) is 0.0882. The van der Waals surface area contributed by atoms with Gasteiger partial charge in [-0.15, -0.1) is 0 Å². The first-order chi connectivity index (χ1) is 31.4. The number of nitrogens with zero attached hydrogens (tertiary/aromatic N) is 2. The average molecular weight is 941 g/mol. The number of piperidine rings is 1. The van der Waals surface area contributed by atoms with Crippen LogP contribution in [-0.2, 0) is 54.3 Å². The van der Waals surface area contributed by atoms with E-state index in [4.69, 9.17) is 10.5 Å². The molecule has 4 fully saturated rings. The molecular formula is C47H72N8O12. The molecule has 0 radical (unpaired) electrons. The number of amides is 8. The Balaban J connectivity index is 1.85. The summed E-state index contributed by atoms with van der Waals surface area (Å²) in [7, 11) is 1.39. The predicted molar refractivity (Wildman–Crippen MR) is 244 cm³/mol. The fourth-order valence-electron chi connectivity index (χ4n) is 8.67. The summed E-state index contributed by atoms with van der Waals surface area (Å²) in [4.78, 5) is 128. The third-order valence-corrected chi connectivity index (χ3v) is 13.4. The number of likely N-dealkylation sites (N-methyl/N-ethyl adjacent to an activating group) is 1. The highest BCUT2D eigenvalue weighted by molar-refractivity contribution is 5.98. The number of aliphatic hydroxyl groups excluding tert-OH is 1. The van der Waals surface area contributed by atoms with Gasteiger partial charge < -0.3 is 57.1 Å². The lowest BCUT2D eigenvalue weighted by atomic mass is 9.91. The fraction of sp³-hybridized carbons (Fsp3) is 0.681. The lowest BCUT2D eigenvalue weighted by Crippen LogP contribution is -2.65. The lowest BCUT2D eigenvalue weighted by Gasteiger charge is -2.44. The Bertz CT molecular complexity index is 2010. The van der Waals surface area contributed by atoms with Gasteiger partial charge in [-0.25, -0.2) is 4.79 Å². The molecule has 1 aliphatic carbocycles. The molecule has 0 aromatic heterocycles. The van der Waals surface area contributed by atoms with Crippen LogP contribution >= 0.6 is 0 Å². The number of primary amides is 1. The number of hydrogen-bond donors (Lipinski definition) is 8. The Labute approximate surface area is 392 Å². The molecule has 9 N–H and O–H groups in total. The van der Waals surface area contributed by atoms with Gasteiger partial charge in [0.2, 0.25) is 47.3 Å². The number of nitrogens with two attached hydrogens (primary N) is 1. The first-order valence-electron chi connectivity index (χ1n) is 23.4. The van der Waals surface area contributed by atoms with E-state index in [0.29, 0.717) is 18.4 Å². The van der Waals surface area contributed by atoms with Crippen molar-refractivity contribution in [3.8, 4) is 5.75 Å². The first kappa shape index (κ1) is 53.8. The molecule has 3 saturated heterocycles. The highest BCUT2D eigenvalue weighted by Gasteiger charge is 2.66. The van der Waals surface area contributed by atoms with Crippen LogP contribution in [0.5, 0.6) is 5.75 Å². The summed E-state index contributed by atoms with van der Waals surface area (Å²) < 4.78 is 5.89. The molecule has 1 aromatic carbocycles. The minimum atomic E-state index is -1.73. The zero-order chi connectivity index (χ0) is 50.2. The van der Waals surface area contributed by atoms with Gasteiger partial charge >= 0.3 is 5.97 Å². The van der Waals surface area contributed by atoms with Crippen molar-refractivity contribution < 1.29 is 58.1 Å². The van der Waals surface area contributed by atoms with E-state index in [1.807, 2.05) is 20.8 Å². The molecule has 20 nitrogen and oxygen atoms in total. The second kappa shape index (κ2) is 22.8. The van der Waals surface area contributed by atoms with Crippen molar-refractivity contribution >= 4 is 53.2 Å². The highest BCUT2D eigenvalue weighted by atomic mass is 16.5. The number of aromatic hydroxyl groups is 1. The van der Waals surface area contributed by atoms with E-state index >= 15 is 0 Å². The van der Waals surface area contributed by atoms with Crippen molar-refractivity contribution in [2.24, 2.45) is 35.3 Å². The summed E-state index contributed by atoms with van der Waals surface area (Å²) in [6, 6.07) is -2.36. The molecule has 3 heterocycles. The van der Waals surface area contributed by atoms with Crippen LogP contribution in [0.15, 0.2) is 24.3 Å². The maximum atomic E-state index is 14.8. The van der Waals surface area contributed by atoms with E-state index in [0.717, 1.165) is 4.90 Å². The molecule has 1 saturated carbocycles. The van der Waals surface area contributed by atoms with E-state index in [9.17, 15) is 53.4 Å². The molecule has 8 amide bonds. The molecule has 12 atom stereocenters. The SMILES string of the molecule is CCC(C)C(=O)N[C@@H](CCC(N)=O)C(=O)N[C@@H]1C(=O)N[C@@H](CC(C)C)C(=O)NC23CC2C(=O)N([C@@H](C(C)CC)C(=O)N(C)C(Cc2ccc(O)cc2)C(=O)N[C@@H](C(C)C)C(=O)O[C@@H]1C)[C@@H](O)C3. The normalized spacial score (nSPS) is 28.9. The number of esters is 1. The molecule has 2 bridgehead atoms. The second-order valence-electron chi connectivity index (χ2n) is 19.4. The maximum Gasteiger partial charge on any atom is 0.329 e. The van der Waals surface area contributed by atoms with Gasteiger partial charge in [0.15, 0.2) is 0 Å². The third-order valence-electron chi connectivity index (χ3n) is 13.4. The molecule has 3 aliphatic heterocycles. The zero-order valence-corrected chi connectivity index (χ0v) is 40.4. The van der Waals surface area contributed by atoms with Gasteiger partial charge in [0, 0.05) is 32.2 Å². The van der Waals surface area contributed by atoms with Gasteiger partial charge in [-0.1, -0.05) is 73.9 Å². The van der Waals surface area contributed by atoms with Crippen molar-refractivity contribution in [1.29, 1.82) is 0 Å². The Morgan fingerprint density at radius 2 is 1.54 bits per heavy atom. The van der Waals surface area contributed by atoms with Gasteiger partial charge in [0.25, 0.3) is 0 Å². The Morgan fingerprint density at radius 3 is 2.10 bits per heavy atom. The fourth-order valence-corrected chi connectivity index (χ4v) is 8.67. The zero-order valence-electron chi connectivity index (χ0n) is 40.4. The van der Waals surface area contributed by atoms with Crippen molar-refractivity contribution in [1.82, 2.24) is 36.4 Å². The van der Waals surface area contributed by atoms with Crippen LogP contribution in [0.25, 0.3) is 0 Å². The van der Waals surface area contributed by atoms with Crippen LogP contribution in [0.4, 0.5) is 0 Å². The molecular weight excluding hydrogens is 869 g/mol. The van der Waals surface area contributed by atoms with Crippen molar-refractivity contribution in [2.75, 3.05) is 7.05 Å². The highest BCUT2D eigenvalue weighted by Crippen LogP contribution is 2.52. The Morgan fingerprint density at radius 1 is 0.896 bits per heavy atom. The number of carbonyl (C=O) groups is 9. The predicted octanol–water partition coefficient (Wildman–Crippen LogP) is 0.500. The number of benzene rings is 1. The number of aliphatic hydroxyl groups is 1. The molecule has 67 heavy (non-hydrogen) atoms. The van der Waals surface area contributed by atoms with E-state index in [1.54, 1.807) is 46.8 Å². The van der Waals surface area contributed by atoms with Crippen LogP contribution in [0.1, 0.15) is 113 Å². The van der Waals surface area contributed by atoms with Crippen molar-refractivity contribution in [2.45, 2.75) is 168 Å². The summed E-state index contributed by atoms with van der Waals surface area (Å²) in [5.74, 6) is -9.61. The third kappa shape index (κ3) is 13.2. The van der Waals surface area contributed by atoms with Crippen LogP contribution < -0.4 is 32.3 Å². The van der Waals surface area contributed by atoms with Crippen LogP contribution in [0.3, 0.4) is 0 Å². The Hall–Kier alpha value is -5.79. The number of carbonyl (C=O) groups excluding carboxylic acids is 9. The van der Waals surface area contributed by atoms with E-state index in [1.165, 1.54) is 31.0 Å². The number of phenolic OH excluding ortho intramolecular Hbond substituents is 1. The molecule has 5 rings (SSSR count). The summed E-state index contributed by atoms with van der Waals surface area (Å²) >= 11 is 0. The number of fused-ring (bicyclic) bond motifs is 16. The minimum absolute atomic E-state index is 0.0389. The molecule has 4 aliphatic rings. The lowest BCUT2D eigenvalue weighted by molar-refractivity contribution is -0.168. The van der Waals surface area contributed by atoms with Crippen molar-refractivity contribution in [3.63, 3.8) is 0 Å². The molecule has 1 spiro atoms. The monoisotopic (exact) mass is 941 g/mol. The molecule has 1 aromatic rings. The number of ether oxygens (including phenoxy) is 1. The van der Waals surface area contributed by atoms with Crippen LogP contribution in [0, 0.1) is 29.6 Å². The smallest absolute Gasteiger partial charge is 0.329 e. The second-order valence-corrected chi connectivity index (χ2v) is 19.4. The minimum Gasteiger partial charge on any atom is -0.508 e. The largest absolute Gasteiger partial charge is 0.508 e. The topological polar surface area (TPSA) is 296 Å². The summed E-state index contributed by atoms with van der Waals surface area (Å²) in [6.07, 6.45) is -2.80. The van der Waals surface area contributed by atoms with Crippen LogP contribution in [-0.4, -0.2) is 134 Å². The molecule has 5 unspecified atom stereocenters. The summed E-state index contributed by atoms with van der Waals surface area (Å²) in [5.41, 5.74) is 4.71. The van der Waals surface area contributed by atoms with Gasteiger partial charge in [-0.05, 0) is 68.1 Å². The Kier molecular flexibility index (Phi) is 18.3. The first-order valence-corrected chi connectivity index (χ1v) is 23.4. The van der Waals surface area contributed by atoms with Gasteiger partial charge in [0.05, 0.1) is 11.5 Å². The number of hydrogen-bond acceptors (Lipinski definition) is 12. The van der Waals surface area contributed by atoms with Gasteiger partial charge in [0.1, 0.15) is 54.3 Å². The van der Waals surface area contributed by atoms with E-state index in [-0.39, 0.29) is 50.2 Å². The van der Waals surface area contributed by atoms with E-state index in [2.05, 4.69) is 26.6 Å². The van der Waals surface area contributed by atoms with Gasteiger partial charge in [-0.2, -0.15) is 0 Å². The molecule has 20 heteroatoms. The van der Waals surface area contributed by atoms with Crippen LogP contribution in [0.2, 0.25) is 0 Å². The van der Waals surface area contributed by atoms with Gasteiger partial charge in [-0.3, -0.25) is 38.4 Å². The number of phenols is 1.